The Labute approximate surface area is 133 Å². The summed E-state index contributed by atoms with van der Waals surface area (Å²) >= 11 is 0. The van der Waals surface area contributed by atoms with Crippen molar-refractivity contribution in [3.8, 4) is 11.8 Å². The molecule has 106 valence electrons. The summed E-state index contributed by atoms with van der Waals surface area (Å²) in [5, 5.41) is 14.1. The largest absolute Gasteiger partial charge is 0.309 e. The van der Waals surface area contributed by atoms with Crippen LogP contribution in [0.1, 0.15) is 5.56 Å². The number of benzene rings is 4. The van der Waals surface area contributed by atoms with E-state index in [2.05, 4.69) is 71.3 Å². The molecule has 2 heteroatoms. The molecule has 1 heterocycles. The third-order valence-electron chi connectivity index (χ3n) is 4.59. The van der Waals surface area contributed by atoms with Gasteiger partial charge in [0.15, 0.2) is 0 Å². The second-order valence-corrected chi connectivity index (χ2v) is 5.78. The Balaban J connectivity index is 2.11. The van der Waals surface area contributed by atoms with Crippen molar-refractivity contribution in [3.63, 3.8) is 0 Å². The van der Waals surface area contributed by atoms with Crippen LogP contribution in [0.15, 0.2) is 72.8 Å². The second-order valence-electron chi connectivity index (χ2n) is 5.78. The molecule has 0 N–H and O–H groups in total. The summed E-state index contributed by atoms with van der Waals surface area (Å²) in [6.07, 6.45) is 0. The predicted molar refractivity (Wildman–Crippen MR) is 94.2 cm³/mol. The SMILES string of the molecule is N#Cc1ccc2c3c1ccc1cccc(c13)n2-c1ccccc1. The first-order valence-electron chi connectivity index (χ1n) is 7.62. The topological polar surface area (TPSA) is 28.7 Å². The molecule has 5 aromatic rings. The molecule has 0 amide bonds. The number of hydrogen-bond acceptors (Lipinski definition) is 1. The Kier molecular flexibility index (Phi) is 2.32. The second kappa shape index (κ2) is 4.34. The summed E-state index contributed by atoms with van der Waals surface area (Å²) in [4.78, 5) is 0. The lowest BCUT2D eigenvalue weighted by Gasteiger charge is -2.07. The summed E-state index contributed by atoms with van der Waals surface area (Å²) in [6.45, 7) is 0. The van der Waals surface area contributed by atoms with E-state index in [0.29, 0.717) is 0 Å². The molecule has 0 aliphatic heterocycles. The molecule has 23 heavy (non-hydrogen) atoms. The van der Waals surface area contributed by atoms with E-state index >= 15 is 0 Å². The van der Waals surface area contributed by atoms with Crippen LogP contribution in [0.5, 0.6) is 0 Å². The molecule has 1 aromatic heterocycles. The number of nitrogens with zero attached hydrogens (tertiary/aromatic N) is 2. The van der Waals surface area contributed by atoms with E-state index in [0.717, 1.165) is 22.2 Å². The van der Waals surface area contributed by atoms with E-state index in [1.807, 2.05) is 12.1 Å². The van der Waals surface area contributed by atoms with Crippen molar-refractivity contribution in [2.45, 2.75) is 0 Å². The van der Waals surface area contributed by atoms with Crippen LogP contribution in [-0.4, -0.2) is 4.57 Å². The third kappa shape index (κ3) is 1.51. The first kappa shape index (κ1) is 12.3. The van der Waals surface area contributed by atoms with E-state index in [9.17, 15) is 5.26 Å². The zero-order chi connectivity index (χ0) is 15.4. The van der Waals surface area contributed by atoms with Gasteiger partial charge in [0.1, 0.15) is 0 Å². The molecule has 0 atom stereocenters. The molecule has 0 unspecified atom stereocenters. The Hall–Kier alpha value is -3.31. The quantitative estimate of drug-likeness (QED) is 0.388. The van der Waals surface area contributed by atoms with Gasteiger partial charge in [0.25, 0.3) is 0 Å². The molecule has 0 bridgehead atoms. The predicted octanol–water partition coefficient (Wildman–Crippen LogP) is 5.25. The number of rotatable bonds is 1. The van der Waals surface area contributed by atoms with E-state index in [1.54, 1.807) is 0 Å². The number of nitriles is 1. The first-order valence-corrected chi connectivity index (χ1v) is 7.62. The number of para-hydroxylation sites is 1. The molecule has 0 saturated carbocycles. The number of hydrogen-bond donors (Lipinski definition) is 0. The smallest absolute Gasteiger partial charge is 0.0998 e. The maximum atomic E-state index is 9.43. The molecule has 0 fully saturated rings. The van der Waals surface area contributed by atoms with Crippen LogP contribution in [0.25, 0.3) is 38.3 Å². The van der Waals surface area contributed by atoms with Crippen LogP contribution in [-0.2, 0) is 0 Å². The van der Waals surface area contributed by atoms with Crippen molar-refractivity contribution in [3.05, 3.63) is 78.4 Å². The standard InChI is InChI=1S/C21H12N2/c22-13-15-10-12-19-21-17(15)11-9-14-5-4-8-18(20(14)21)23(19)16-6-2-1-3-7-16/h1-12H. The zero-order valence-corrected chi connectivity index (χ0v) is 12.3. The zero-order valence-electron chi connectivity index (χ0n) is 12.3. The third-order valence-corrected chi connectivity index (χ3v) is 4.59. The highest BCUT2D eigenvalue weighted by atomic mass is 15.0. The van der Waals surface area contributed by atoms with Gasteiger partial charge < -0.3 is 4.57 Å². The van der Waals surface area contributed by atoms with Crippen molar-refractivity contribution in [2.24, 2.45) is 0 Å². The number of aromatic nitrogens is 1. The Morgan fingerprint density at radius 1 is 0.696 bits per heavy atom. The molecular formula is C21H12N2. The van der Waals surface area contributed by atoms with E-state index in [1.165, 1.54) is 21.7 Å². The van der Waals surface area contributed by atoms with Crippen molar-refractivity contribution in [2.75, 3.05) is 0 Å². The van der Waals surface area contributed by atoms with Gasteiger partial charge in [-0.1, -0.05) is 42.5 Å². The fourth-order valence-corrected chi connectivity index (χ4v) is 3.64. The van der Waals surface area contributed by atoms with E-state index in [4.69, 9.17) is 0 Å². The van der Waals surface area contributed by atoms with E-state index in [-0.39, 0.29) is 0 Å². The Bertz CT molecular complexity index is 1210. The summed E-state index contributed by atoms with van der Waals surface area (Å²) in [5.41, 5.74) is 4.21. The fraction of sp³-hybridized carbons (Fsp3) is 0. The normalized spacial score (nSPS) is 11.4. The van der Waals surface area contributed by atoms with Crippen LogP contribution in [0.2, 0.25) is 0 Å². The van der Waals surface area contributed by atoms with Crippen LogP contribution >= 0.6 is 0 Å². The lowest BCUT2D eigenvalue weighted by atomic mass is 9.99. The van der Waals surface area contributed by atoms with Crippen molar-refractivity contribution >= 4 is 32.6 Å². The molecule has 2 nitrogen and oxygen atoms in total. The minimum atomic E-state index is 0.732. The van der Waals surface area contributed by atoms with Crippen molar-refractivity contribution in [1.82, 2.24) is 4.57 Å². The molecule has 0 saturated heterocycles. The van der Waals surface area contributed by atoms with Gasteiger partial charge in [-0.2, -0.15) is 5.26 Å². The van der Waals surface area contributed by atoms with E-state index < -0.39 is 0 Å². The van der Waals surface area contributed by atoms with Gasteiger partial charge in [-0.05, 0) is 35.7 Å². The molecule has 5 rings (SSSR count). The Morgan fingerprint density at radius 3 is 2.35 bits per heavy atom. The Morgan fingerprint density at radius 2 is 1.52 bits per heavy atom. The monoisotopic (exact) mass is 292 g/mol. The molecule has 0 aliphatic rings. The van der Waals surface area contributed by atoms with Gasteiger partial charge in [-0.3, -0.25) is 0 Å². The van der Waals surface area contributed by atoms with Crippen molar-refractivity contribution < 1.29 is 0 Å². The van der Waals surface area contributed by atoms with Crippen LogP contribution in [0.3, 0.4) is 0 Å². The highest BCUT2D eigenvalue weighted by Crippen LogP contribution is 2.39. The maximum Gasteiger partial charge on any atom is 0.0998 e. The van der Waals surface area contributed by atoms with Gasteiger partial charge in [-0.15, -0.1) is 0 Å². The molecule has 0 aliphatic carbocycles. The minimum Gasteiger partial charge on any atom is -0.309 e. The lowest BCUT2D eigenvalue weighted by molar-refractivity contribution is 1.18. The highest BCUT2D eigenvalue weighted by Gasteiger charge is 2.17. The minimum absolute atomic E-state index is 0.732. The summed E-state index contributed by atoms with van der Waals surface area (Å²) in [5.74, 6) is 0. The van der Waals surface area contributed by atoms with Gasteiger partial charge in [0.2, 0.25) is 0 Å². The summed E-state index contributed by atoms with van der Waals surface area (Å²) in [6, 6.07) is 27.2. The fourth-order valence-electron chi connectivity index (χ4n) is 3.64. The van der Waals surface area contributed by atoms with Crippen LogP contribution in [0.4, 0.5) is 0 Å². The lowest BCUT2D eigenvalue weighted by Crippen LogP contribution is -1.92. The van der Waals surface area contributed by atoms with Crippen LogP contribution in [0, 0.1) is 11.3 Å². The molecule has 0 radical (unpaired) electrons. The van der Waals surface area contributed by atoms with Crippen molar-refractivity contribution in [1.29, 1.82) is 5.26 Å². The van der Waals surface area contributed by atoms with Gasteiger partial charge in [-0.25, -0.2) is 0 Å². The first-order chi connectivity index (χ1) is 11.4. The van der Waals surface area contributed by atoms with Gasteiger partial charge in [0, 0.05) is 21.8 Å². The molecule has 4 aromatic carbocycles. The summed E-state index contributed by atoms with van der Waals surface area (Å²) in [7, 11) is 0. The molecule has 0 spiro atoms. The average Bonchev–Trinajstić information content (AvgIpc) is 2.96. The maximum absolute atomic E-state index is 9.43. The van der Waals surface area contributed by atoms with Crippen LogP contribution < -0.4 is 0 Å². The summed E-state index contributed by atoms with van der Waals surface area (Å²) < 4.78 is 2.28. The highest BCUT2D eigenvalue weighted by molar-refractivity contribution is 6.25. The molecular weight excluding hydrogens is 280 g/mol. The van der Waals surface area contributed by atoms with Gasteiger partial charge >= 0.3 is 0 Å². The average molecular weight is 292 g/mol. The van der Waals surface area contributed by atoms with Gasteiger partial charge in [0.05, 0.1) is 22.7 Å².